The van der Waals surface area contributed by atoms with Crippen LogP contribution in [0.2, 0.25) is 0 Å². The van der Waals surface area contributed by atoms with Crippen molar-refractivity contribution in [1.29, 1.82) is 0 Å². The molecule has 0 radical (unpaired) electrons. The molecule has 0 bridgehead atoms. The highest BCUT2D eigenvalue weighted by Gasteiger charge is 2.10. The van der Waals surface area contributed by atoms with Gasteiger partial charge in [-0.05, 0) is 45.6 Å². The van der Waals surface area contributed by atoms with Crippen LogP contribution < -0.4 is 5.32 Å². The Balaban J connectivity index is 2.06. The fourth-order valence-corrected chi connectivity index (χ4v) is 2.38. The standard InChI is InChI=1S/C16H16BrNO2/c1-11-4-2-7-14(15(11)17)16(20)18-9-12-5-3-6-13(8-12)10-19/h2-8,19H,9-10H2,1H3,(H,18,20). The Morgan fingerprint density at radius 1 is 1.20 bits per heavy atom. The number of benzene rings is 2. The summed E-state index contributed by atoms with van der Waals surface area (Å²) >= 11 is 3.44. The summed E-state index contributed by atoms with van der Waals surface area (Å²) in [7, 11) is 0. The van der Waals surface area contributed by atoms with E-state index in [1.54, 1.807) is 6.07 Å². The summed E-state index contributed by atoms with van der Waals surface area (Å²) in [6.45, 7) is 2.39. The first-order valence-corrected chi connectivity index (χ1v) is 7.13. The van der Waals surface area contributed by atoms with Crippen LogP contribution >= 0.6 is 15.9 Å². The van der Waals surface area contributed by atoms with Gasteiger partial charge in [-0.1, -0.05) is 36.4 Å². The zero-order chi connectivity index (χ0) is 14.5. The fraction of sp³-hybridized carbons (Fsp3) is 0.188. The lowest BCUT2D eigenvalue weighted by molar-refractivity contribution is 0.0950. The van der Waals surface area contributed by atoms with Gasteiger partial charge in [-0.25, -0.2) is 0 Å². The van der Waals surface area contributed by atoms with E-state index in [-0.39, 0.29) is 12.5 Å². The van der Waals surface area contributed by atoms with Crippen LogP contribution in [0.15, 0.2) is 46.9 Å². The van der Waals surface area contributed by atoms with Gasteiger partial charge >= 0.3 is 0 Å². The van der Waals surface area contributed by atoms with E-state index in [4.69, 9.17) is 5.11 Å². The van der Waals surface area contributed by atoms with E-state index >= 15 is 0 Å². The third kappa shape index (κ3) is 3.46. The Morgan fingerprint density at radius 2 is 1.90 bits per heavy atom. The Morgan fingerprint density at radius 3 is 2.65 bits per heavy atom. The van der Waals surface area contributed by atoms with E-state index in [9.17, 15) is 4.79 Å². The maximum atomic E-state index is 12.2. The first-order valence-electron chi connectivity index (χ1n) is 6.34. The summed E-state index contributed by atoms with van der Waals surface area (Å²) in [6.07, 6.45) is 0. The van der Waals surface area contributed by atoms with Gasteiger partial charge in [0.25, 0.3) is 5.91 Å². The van der Waals surface area contributed by atoms with Crippen LogP contribution in [0.25, 0.3) is 0 Å². The predicted molar refractivity (Wildman–Crippen MR) is 82.4 cm³/mol. The number of nitrogens with one attached hydrogen (secondary N) is 1. The number of rotatable bonds is 4. The van der Waals surface area contributed by atoms with Crippen molar-refractivity contribution in [3.8, 4) is 0 Å². The van der Waals surface area contributed by atoms with Crippen LogP contribution in [-0.2, 0) is 13.2 Å². The zero-order valence-corrected chi connectivity index (χ0v) is 12.8. The number of carbonyl (C=O) groups is 1. The number of hydrogen-bond acceptors (Lipinski definition) is 2. The van der Waals surface area contributed by atoms with Crippen molar-refractivity contribution >= 4 is 21.8 Å². The molecule has 4 heteroatoms. The first kappa shape index (κ1) is 14.8. The Bertz CT molecular complexity index is 626. The van der Waals surface area contributed by atoms with Crippen LogP contribution in [-0.4, -0.2) is 11.0 Å². The summed E-state index contributed by atoms with van der Waals surface area (Å²) in [6, 6.07) is 13.1. The van der Waals surface area contributed by atoms with Gasteiger partial charge in [0.1, 0.15) is 0 Å². The van der Waals surface area contributed by atoms with Gasteiger partial charge in [-0.15, -0.1) is 0 Å². The fourth-order valence-electron chi connectivity index (χ4n) is 1.94. The molecule has 104 valence electrons. The van der Waals surface area contributed by atoms with Crippen molar-refractivity contribution in [3.05, 3.63) is 69.2 Å². The highest BCUT2D eigenvalue weighted by Crippen LogP contribution is 2.20. The number of carbonyl (C=O) groups excluding carboxylic acids is 1. The van der Waals surface area contributed by atoms with E-state index in [0.29, 0.717) is 12.1 Å². The summed E-state index contributed by atoms with van der Waals surface area (Å²) in [5, 5.41) is 12.0. The third-order valence-electron chi connectivity index (χ3n) is 3.06. The lowest BCUT2D eigenvalue weighted by Gasteiger charge is -2.09. The molecular formula is C16H16BrNO2. The molecular weight excluding hydrogens is 318 g/mol. The van der Waals surface area contributed by atoms with Crippen LogP contribution in [0.3, 0.4) is 0 Å². The molecule has 0 fully saturated rings. The number of aryl methyl sites for hydroxylation is 1. The maximum Gasteiger partial charge on any atom is 0.252 e. The Labute approximate surface area is 126 Å². The molecule has 0 atom stereocenters. The molecule has 0 aromatic heterocycles. The molecule has 0 aliphatic rings. The van der Waals surface area contributed by atoms with Crippen molar-refractivity contribution in [1.82, 2.24) is 5.32 Å². The van der Waals surface area contributed by atoms with Gasteiger partial charge in [-0.2, -0.15) is 0 Å². The SMILES string of the molecule is Cc1cccc(C(=O)NCc2cccc(CO)c2)c1Br. The molecule has 0 aliphatic carbocycles. The molecule has 1 amide bonds. The molecule has 2 aromatic carbocycles. The van der Waals surface area contributed by atoms with Crippen molar-refractivity contribution in [2.45, 2.75) is 20.1 Å². The molecule has 2 aromatic rings. The molecule has 0 saturated heterocycles. The number of aliphatic hydroxyl groups excluding tert-OH is 1. The topological polar surface area (TPSA) is 49.3 Å². The van der Waals surface area contributed by atoms with Gasteiger partial charge in [0.05, 0.1) is 12.2 Å². The minimum Gasteiger partial charge on any atom is -0.392 e. The molecule has 20 heavy (non-hydrogen) atoms. The maximum absolute atomic E-state index is 12.2. The van der Waals surface area contributed by atoms with E-state index in [2.05, 4.69) is 21.2 Å². The average Bonchev–Trinajstić information content (AvgIpc) is 2.48. The number of halogens is 1. The zero-order valence-electron chi connectivity index (χ0n) is 11.2. The van der Waals surface area contributed by atoms with Crippen LogP contribution in [0.5, 0.6) is 0 Å². The second-order valence-electron chi connectivity index (χ2n) is 4.60. The molecule has 0 saturated carbocycles. The first-order chi connectivity index (χ1) is 9.61. The average molecular weight is 334 g/mol. The summed E-state index contributed by atoms with van der Waals surface area (Å²) in [5.41, 5.74) is 3.46. The largest absolute Gasteiger partial charge is 0.392 e. The third-order valence-corrected chi connectivity index (χ3v) is 4.12. The van der Waals surface area contributed by atoms with Crippen molar-refractivity contribution in [3.63, 3.8) is 0 Å². The van der Waals surface area contributed by atoms with Gasteiger partial charge in [-0.3, -0.25) is 4.79 Å². The molecule has 0 aliphatic heterocycles. The summed E-state index contributed by atoms with van der Waals surface area (Å²) < 4.78 is 0.821. The van der Waals surface area contributed by atoms with Crippen LogP contribution in [0.1, 0.15) is 27.0 Å². The quantitative estimate of drug-likeness (QED) is 0.902. The summed E-state index contributed by atoms with van der Waals surface area (Å²) in [5.74, 6) is -0.116. The molecule has 0 unspecified atom stereocenters. The Kier molecular flexibility index (Phi) is 4.93. The number of aliphatic hydroxyl groups is 1. The smallest absolute Gasteiger partial charge is 0.252 e. The number of hydrogen-bond donors (Lipinski definition) is 2. The van der Waals surface area contributed by atoms with E-state index < -0.39 is 0 Å². The van der Waals surface area contributed by atoms with E-state index in [1.807, 2.05) is 43.3 Å². The Hall–Kier alpha value is -1.65. The monoisotopic (exact) mass is 333 g/mol. The second-order valence-corrected chi connectivity index (χ2v) is 5.39. The van der Waals surface area contributed by atoms with Gasteiger partial charge < -0.3 is 10.4 Å². The van der Waals surface area contributed by atoms with Crippen molar-refractivity contribution < 1.29 is 9.90 Å². The van der Waals surface area contributed by atoms with Crippen LogP contribution in [0.4, 0.5) is 0 Å². The van der Waals surface area contributed by atoms with Gasteiger partial charge in [0, 0.05) is 11.0 Å². The minimum atomic E-state index is -0.116. The van der Waals surface area contributed by atoms with Crippen molar-refractivity contribution in [2.75, 3.05) is 0 Å². The molecule has 0 spiro atoms. The molecule has 2 rings (SSSR count). The van der Waals surface area contributed by atoms with E-state index in [0.717, 1.165) is 21.2 Å². The van der Waals surface area contributed by atoms with Gasteiger partial charge in [0.15, 0.2) is 0 Å². The minimum absolute atomic E-state index is 0.00517. The molecule has 2 N–H and O–H groups in total. The molecule has 0 heterocycles. The van der Waals surface area contributed by atoms with E-state index in [1.165, 1.54) is 0 Å². The lowest BCUT2D eigenvalue weighted by atomic mass is 10.1. The van der Waals surface area contributed by atoms with Crippen molar-refractivity contribution in [2.24, 2.45) is 0 Å². The second kappa shape index (κ2) is 6.68. The van der Waals surface area contributed by atoms with Gasteiger partial charge in [0.2, 0.25) is 0 Å². The lowest BCUT2D eigenvalue weighted by Crippen LogP contribution is -2.23. The highest BCUT2D eigenvalue weighted by molar-refractivity contribution is 9.10. The van der Waals surface area contributed by atoms with Crippen LogP contribution in [0, 0.1) is 6.92 Å². The highest BCUT2D eigenvalue weighted by atomic mass is 79.9. The molecule has 3 nitrogen and oxygen atoms in total. The summed E-state index contributed by atoms with van der Waals surface area (Å²) in [4.78, 5) is 12.2. The number of amides is 1. The normalized spacial score (nSPS) is 10.3. The predicted octanol–water partition coefficient (Wildman–Crippen LogP) is 3.18.